The van der Waals surface area contributed by atoms with Gasteiger partial charge >= 0.3 is 0 Å². The first-order valence-corrected chi connectivity index (χ1v) is 6.51. The van der Waals surface area contributed by atoms with Gasteiger partial charge in [-0.2, -0.15) is 0 Å². The molecule has 0 spiro atoms. The van der Waals surface area contributed by atoms with E-state index in [9.17, 15) is 4.79 Å². The number of morpholine rings is 1. The van der Waals surface area contributed by atoms with Gasteiger partial charge in [-0.05, 0) is 19.1 Å². The Kier molecular flexibility index (Phi) is 3.47. The quantitative estimate of drug-likeness (QED) is 0.829. The molecule has 3 heterocycles. The number of hydrogen-bond acceptors (Lipinski definition) is 5. The first kappa shape index (κ1) is 12.8. The van der Waals surface area contributed by atoms with Crippen molar-refractivity contribution in [1.82, 2.24) is 15.0 Å². The SMILES string of the molecule is Cc1onc(-c2cccnc2)c1C(=O)N1CCOCC1. The van der Waals surface area contributed by atoms with Gasteiger partial charge in [0, 0.05) is 31.0 Å². The molecule has 6 nitrogen and oxygen atoms in total. The lowest BCUT2D eigenvalue weighted by atomic mass is 10.1. The number of pyridine rings is 1. The number of carbonyl (C=O) groups is 1. The van der Waals surface area contributed by atoms with Crippen LogP contribution in [0.4, 0.5) is 0 Å². The molecule has 1 aliphatic rings. The average Bonchev–Trinajstić information content (AvgIpc) is 2.90. The maximum Gasteiger partial charge on any atom is 0.259 e. The molecule has 0 aromatic carbocycles. The highest BCUT2D eigenvalue weighted by Gasteiger charge is 2.27. The van der Waals surface area contributed by atoms with Crippen molar-refractivity contribution in [2.75, 3.05) is 26.3 Å². The number of aryl methyl sites for hydroxylation is 1. The van der Waals surface area contributed by atoms with E-state index in [0.717, 1.165) is 5.56 Å². The van der Waals surface area contributed by atoms with Crippen molar-refractivity contribution in [1.29, 1.82) is 0 Å². The van der Waals surface area contributed by atoms with Gasteiger partial charge in [-0.15, -0.1) is 0 Å². The number of amides is 1. The Hall–Kier alpha value is -2.21. The third kappa shape index (κ3) is 2.30. The first-order valence-electron chi connectivity index (χ1n) is 6.51. The van der Waals surface area contributed by atoms with Crippen LogP contribution >= 0.6 is 0 Å². The van der Waals surface area contributed by atoms with Crippen LogP contribution in [0.1, 0.15) is 16.1 Å². The third-order valence-corrected chi connectivity index (χ3v) is 3.31. The maximum atomic E-state index is 12.6. The largest absolute Gasteiger partial charge is 0.378 e. The van der Waals surface area contributed by atoms with Crippen LogP contribution in [0.3, 0.4) is 0 Å². The van der Waals surface area contributed by atoms with Crippen molar-refractivity contribution in [3.8, 4) is 11.3 Å². The Labute approximate surface area is 116 Å². The van der Waals surface area contributed by atoms with Crippen molar-refractivity contribution in [3.05, 3.63) is 35.9 Å². The number of ether oxygens (including phenoxy) is 1. The molecule has 0 saturated carbocycles. The minimum Gasteiger partial charge on any atom is -0.378 e. The standard InChI is InChI=1S/C14H15N3O3/c1-10-12(14(18)17-5-7-19-8-6-17)13(16-20-10)11-3-2-4-15-9-11/h2-4,9H,5-8H2,1H3. The van der Waals surface area contributed by atoms with E-state index in [1.807, 2.05) is 12.1 Å². The fourth-order valence-corrected chi connectivity index (χ4v) is 2.25. The first-order chi connectivity index (χ1) is 9.77. The summed E-state index contributed by atoms with van der Waals surface area (Å²) in [5, 5.41) is 4.01. The van der Waals surface area contributed by atoms with Crippen LogP contribution in [0.25, 0.3) is 11.3 Å². The molecule has 20 heavy (non-hydrogen) atoms. The lowest BCUT2D eigenvalue weighted by molar-refractivity contribution is 0.0302. The zero-order valence-electron chi connectivity index (χ0n) is 11.2. The van der Waals surface area contributed by atoms with E-state index in [2.05, 4.69) is 10.1 Å². The minimum atomic E-state index is -0.0640. The zero-order valence-corrected chi connectivity index (χ0v) is 11.2. The van der Waals surface area contributed by atoms with Crippen molar-refractivity contribution in [2.24, 2.45) is 0 Å². The summed E-state index contributed by atoms with van der Waals surface area (Å²) >= 11 is 0. The number of rotatable bonds is 2. The molecule has 0 radical (unpaired) electrons. The summed E-state index contributed by atoms with van der Waals surface area (Å²) in [4.78, 5) is 18.4. The van der Waals surface area contributed by atoms with E-state index in [-0.39, 0.29) is 5.91 Å². The van der Waals surface area contributed by atoms with Gasteiger partial charge in [0.15, 0.2) is 0 Å². The summed E-state index contributed by atoms with van der Waals surface area (Å²) < 4.78 is 10.5. The van der Waals surface area contributed by atoms with Crippen LogP contribution < -0.4 is 0 Å². The van der Waals surface area contributed by atoms with E-state index >= 15 is 0 Å². The van der Waals surface area contributed by atoms with Crippen LogP contribution in [0.2, 0.25) is 0 Å². The van der Waals surface area contributed by atoms with E-state index < -0.39 is 0 Å². The van der Waals surface area contributed by atoms with E-state index in [1.165, 1.54) is 0 Å². The summed E-state index contributed by atoms with van der Waals surface area (Å²) in [6.07, 6.45) is 3.35. The fourth-order valence-electron chi connectivity index (χ4n) is 2.25. The van der Waals surface area contributed by atoms with Gasteiger partial charge in [0.1, 0.15) is 17.0 Å². The highest BCUT2D eigenvalue weighted by Crippen LogP contribution is 2.26. The molecule has 0 N–H and O–H groups in total. The molecule has 2 aromatic heterocycles. The molecular formula is C14H15N3O3. The normalized spacial score (nSPS) is 15.3. The van der Waals surface area contributed by atoms with Crippen LogP contribution in [-0.4, -0.2) is 47.3 Å². The Balaban J connectivity index is 1.97. The molecule has 0 aliphatic carbocycles. The van der Waals surface area contributed by atoms with Crippen molar-refractivity contribution >= 4 is 5.91 Å². The molecule has 1 saturated heterocycles. The smallest absolute Gasteiger partial charge is 0.259 e. The van der Waals surface area contributed by atoms with Crippen LogP contribution in [-0.2, 0) is 4.74 Å². The third-order valence-electron chi connectivity index (χ3n) is 3.31. The second kappa shape index (κ2) is 5.42. The number of carbonyl (C=O) groups excluding carboxylic acids is 1. The highest BCUT2D eigenvalue weighted by atomic mass is 16.5. The molecule has 104 valence electrons. The number of hydrogen-bond donors (Lipinski definition) is 0. The maximum absolute atomic E-state index is 12.6. The lowest BCUT2D eigenvalue weighted by Gasteiger charge is -2.26. The predicted octanol–water partition coefficient (Wildman–Crippen LogP) is 1.52. The summed E-state index contributed by atoms with van der Waals surface area (Å²) in [6, 6.07) is 3.67. The Morgan fingerprint density at radius 3 is 2.85 bits per heavy atom. The molecule has 1 amide bonds. The fraction of sp³-hybridized carbons (Fsp3) is 0.357. The van der Waals surface area contributed by atoms with E-state index in [4.69, 9.17) is 9.26 Å². The Morgan fingerprint density at radius 2 is 2.15 bits per heavy atom. The molecule has 6 heteroatoms. The van der Waals surface area contributed by atoms with Gasteiger partial charge < -0.3 is 14.2 Å². The second-order valence-electron chi connectivity index (χ2n) is 4.61. The van der Waals surface area contributed by atoms with Crippen LogP contribution in [0.15, 0.2) is 29.0 Å². The zero-order chi connectivity index (χ0) is 13.9. The Bertz CT molecular complexity index is 603. The molecule has 0 unspecified atom stereocenters. The van der Waals surface area contributed by atoms with Crippen molar-refractivity contribution in [2.45, 2.75) is 6.92 Å². The Morgan fingerprint density at radius 1 is 1.35 bits per heavy atom. The van der Waals surface area contributed by atoms with Crippen LogP contribution in [0.5, 0.6) is 0 Å². The summed E-state index contributed by atoms with van der Waals surface area (Å²) in [6.45, 7) is 4.07. The van der Waals surface area contributed by atoms with Crippen LogP contribution in [0, 0.1) is 6.92 Å². The highest BCUT2D eigenvalue weighted by molar-refractivity contribution is 6.00. The van der Waals surface area contributed by atoms with Gasteiger partial charge in [-0.1, -0.05) is 5.16 Å². The van der Waals surface area contributed by atoms with Gasteiger partial charge in [-0.25, -0.2) is 0 Å². The minimum absolute atomic E-state index is 0.0640. The molecule has 1 fully saturated rings. The topological polar surface area (TPSA) is 68.5 Å². The van der Waals surface area contributed by atoms with E-state index in [1.54, 1.807) is 24.2 Å². The molecule has 1 aliphatic heterocycles. The molecule has 2 aromatic rings. The molecular weight excluding hydrogens is 258 g/mol. The monoisotopic (exact) mass is 273 g/mol. The van der Waals surface area contributed by atoms with Gasteiger partial charge in [0.05, 0.1) is 13.2 Å². The molecule has 0 atom stereocenters. The summed E-state index contributed by atoms with van der Waals surface area (Å²) in [7, 11) is 0. The summed E-state index contributed by atoms with van der Waals surface area (Å²) in [5.74, 6) is 0.464. The molecule has 3 rings (SSSR count). The average molecular weight is 273 g/mol. The van der Waals surface area contributed by atoms with Crippen molar-refractivity contribution < 1.29 is 14.1 Å². The van der Waals surface area contributed by atoms with Gasteiger partial charge in [0.25, 0.3) is 5.91 Å². The second-order valence-corrected chi connectivity index (χ2v) is 4.61. The van der Waals surface area contributed by atoms with Crippen molar-refractivity contribution in [3.63, 3.8) is 0 Å². The van der Waals surface area contributed by atoms with Gasteiger partial charge in [-0.3, -0.25) is 9.78 Å². The number of nitrogens with zero attached hydrogens (tertiary/aromatic N) is 3. The summed E-state index contributed by atoms with van der Waals surface area (Å²) in [5.41, 5.74) is 1.84. The predicted molar refractivity (Wildman–Crippen MR) is 71.2 cm³/mol. The lowest BCUT2D eigenvalue weighted by Crippen LogP contribution is -2.41. The van der Waals surface area contributed by atoms with Gasteiger partial charge in [0.2, 0.25) is 0 Å². The number of aromatic nitrogens is 2. The molecule has 0 bridgehead atoms. The van der Waals surface area contributed by atoms with E-state index in [0.29, 0.717) is 43.3 Å².